The number of carbonyl (C=O) groups excluding carboxylic acids is 1. The van der Waals surface area contributed by atoms with Crippen LogP contribution >= 0.6 is 0 Å². The van der Waals surface area contributed by atoms with Crippen molar-refractivity contribution in [3.8, 4) is 0 Å². The van der Waals surface area contributed by atoms with Gasteiger partial charge in [0.25, 0.3) is 0 Å². The van der Waals surface area contributed by atoms with E-state index in [9.17, 15) is 4.79 Å². The number of hydrogen-bond donors (Lipinski definition) is 0. The third-order valence-electron chi connectivity index (χ3n) is 3.90. The number of amides is 2. The molecule has 0 saturated carbocycles. The van der Waals surface area contributed by atoms with Crippen molar-refractivity contribution in [1.82, 2.24) is 19.7 Å². The van der Waals surface area contributed by atoms with Crippen LogP contribution in [0.1, 0.15) is 18.5 Å². The molecule has 1 saturated heterocycles. The van der Waals surface area contributed by atoms with Gasteiger partial charge in [-0.2, -0.15) is 0 Å². The number of aromatic nitrogens is 1. The average molecular weight is 276 g/mol. The second-order valence-corrected chi connectivity index (χ2v) is 5.62. The Hall–Kier alpha value is -1.62. The molecule has 0 spiro atoms. The van der Waals surface area contributed by atoms with Gasteiger partial charge in [-0.05, 0) is 25.0 Å². The summed E-state index contributed by atoms with van der Waals surface area (Å²) in [5.74, 6) is 0. The summed E-state index contributed by atoms with van der Waals surface area (Å²) in [5, 5.41) is 0. The maximum atomic E-state index is 11.9. The van der Waals surface area contributed by atoms with Crippen molar-refractivity contribution in [3.05, 3.63) is 30.1 Å². The first-order chi connectivity index (χ1) is 9.58. The van der Waals surface area contributed by atoms with Crippen LogP contribution in [0.5, 0.6) is 0 Å². The minimum absolute atomic E-state index is 0.0909. The highest BCUT2D eigenvalue weighted by Gasteiger charge is 2.26. The second kappa shape index (κ2) is 6.70. The van der Waals surface area contributed by atoms with Gasteiger partial charge in [-0.25, -0.2) is 4.79 Å². The molecule has 0 bridgehead atoms. The van der Waals surface area contributed by atoms with Crippen molar-refractivity contribution in [2.75, 3.05) is 34.2 Å². The number of piperidine rings is 1. The van der Waals surface area contributed by atoms with Gasteiger partial charge in [-0.15, -0.1) is 0 Å². The lowest BCUT2D eigenvalue weighted by Crippen LogP contribution is -2.48. The summed E-state index contributed by atoms with van der Waals surface area (Å²) >= 11 is 0. The minimum atomic E-state index is 0.0909. The monoisotopic (exact) mass is 276 g/mol. The lowest BCUT2D eigenvalue weighted by atomic mass is 10.0. The Morgan fingerprint density at radius 2 is 2.00 bits per heavy atom. The molecule has 0 unspecified atom stereocenters. The smallest absolute Gasteiger partial charge is 0.319 e. The zero-order valence-corrected chi connectivity index (χ0v) is 12.6. The van der Waals surface area contributed by atoms with Crippen LogP contribution in [-0.2, 0) is 6.54 Å². The quantitative estimate of drug-likeness (QED) is 0.843. The normalized spacial score (nSPS) is 16.9. The largest absolute Gasteiger partial charge is 0.331 e. The predicted octanol–water partition coefficient (Wildman–Crippen LogP) is 1.66. The highest BCUT2D eigenvalue weighted by atomic mass is 16.2. The molecule has 2 amide bonds. The molecule has 110 valence electrons. The van der Waals surface area contributed by atoms with Crippen LogP contribution in [0.25, 0.3) is 0 Å². The molecule has 1 fully saturated rings. The molecule has 0 atom stereocenters. The molecular formula is C15H24N4O. The molecule has 1 aromatic heterocycles. The molecule has 1 aromatic rings. The van der Waals surface area contributed by atoms with Crippen molar-refractivity contribution in [2.45, 2.75) is 25.4 Å². The fourth-order valence-corrected chi connectivity index (χ4v) is 2.66. The number of nitrogens with zero attached hydrogens (tertiary/aromatic N) is 4. The summed E-state index contributed by atoms with van der Waals surface area (Å²) in [7, 11) is 5.51. The third-order valence-corrected chi connectivity index (χ3v) is 3.90. The van der Waals surface area contributed by atoms with E-state index in [1.165, 1.54) is 0 Å². The lowest BCUT2D eigenvalue weighted by molar-refractivity contribution is 0.117. The maximum Gasteiger partial charge on any atom is 0.319 e. The van der Waals surface area contributed by atoms with Crippen LogP contribution in [0, 0.1) is 0 Å². The maximum absolute atomic E-state index is 11.9. The van der Waals surface area contributed by atoms with Gasteiger partial charge >= 0.3 is 6.03 Å². The Kier molecular flexibility index (Phi) is 4.95. The van der Waals surface area contributed by atoms with Gasteiger partial charge in [-0.1, -0.05) is 6.07 Å². The van der Waals surface area contributed by atoms with Crippen LogP contribution in [0.15, 0.2) is 24.4 Å². The van der Waals surface area contributed by atoms with E-state index >= 15 is 0 Å². The Labute approximate surface area is 121 Å². The van der Waals surface area contributed by atoms with Crippen molar-refractivity contribution in [1.29, 1.82) is 0 Å². The zero-order valence-electron chi connectivity index (χ0n) is 12.6. The molecule has 0 aromatic carbocycles. The summed E-state index contributed by atoms with van der Waals surface area (Å²) < 4.78 is 0. The van der Waals surface area contributed by atoms with E-state index in [-0.39, 0.29) is 6.03 Å². The van der Waals surface area contributed by atoms with Gasteiger partial charge in [0.15, 0.2) is 0 Å². The molecule has 5 heteroatoms. The van der Waals surface area contributed by atoms with Crippen LogP contribution < -0.4 is 0 Å². The molecule has 2 rings (SSSR count). The first kappa shape index (κ1) is 14.8. The third kappa shape index (κ3) is 3.70. The highest BCUT2D eigenvalue weighted by molar-refractivity contribution is 5.73. The van der Waals surface area contributed by atoms with Gasteiger partial charge in [-0.3, -0.25) is 9.88 Å². The first-order valence-corrected chi connectivity index (χ1v) is 7.14. The molecule has 20 heavy (non-hydrogen) atoms. The summed E-state index contributed by atoms with van der Waals surface area (Å²) in [6.45, 7) is 2.94. The Morgan fingerprint density at radius 3 is 2.55 bits per heavy atom. The molecular weight excluding hydrogens is 252 g/mol. The van der Waals surface area contributed by atoms with Crippen LogP contribution in [-0.4, -0.2) is 66.0 Å². The molecule has 0 radical (unpaired) electrons. The predicted molar refractivity (Wildman–Crippen MR) is 79.4 cm³/mol. The van der Waals surface area contributed by atoms with Crippen molar-refractivity contribution in [3.63, 3.8) is 0 Å². The number of urea groups is 1. The molecule has 0 N–H and O–H groups in total. The standard InChI is InChI=1S/C15H24N4O/c1-17(2)15(20)18(3)14-7-10-19(11-8-14)12-13-6-4-5-9-16-13/h4-6,9,14H,7-8,10-12H2,1-3H3. The fourth-order valence-electron chi connectivity index (χ4n) is 2.66. The van der Waals surface area contributed by atoms with Crippen molar-refractivity contribution in [2.24, 2.45) is 0 Å². The van der Waals surface area contributed by atoms with Crippen molar-refractivity contribution >= 4 is 6.03 Å². The van der Waals surface area contributed by atoms with Crippen LogP contribution in [0.3, 0.4) is 0 Å². The summed E-state index contributed by atoms with van der Waals surface area (Å²) in [5.41, 5.74) is 1.11. The molecule has 2 heterocycles. The Balaban J connectivity index is 1.82. The summed E-state index contributed by atoms with van der Waals surface area (Å²) in [6, 6.07) is 6.47. The zero-order chi connectivity index (χ0) is 14.5. The fraction of sp³-hybridized carbons (Fsp3) is 0.600. The number of hydrogen-bond acceptors (Lipinski definition) is 3. The number of rotatable bonds is 3. The number of pyridine rings is 1. The van der Waals surface area contributed by atoms with Gasteiger partial charge in [0.1, 0.15) is 0 Å². The summed E-state index contributed by atoms with van der Waals surface area (Å²) in [6.07, 6.45) is 3.90. The van der Waals surface area contributed by atoms with Gasteiger partial charge < -0.3 is 9.80 Å². The van der Waals surface area contributed by atoms with Crippen molar-refractivity contribution < 1.29 is 4.79 Å². The second-order valence-electron chi connectivity index (χ2n) is 5.62. The van der Waals surface area contributed by atoms with E-state index in [1.54, 1.807) is 19.0 Å². The van der Waals surface area contributed by atoms with Gasteiger partial charge in [0.2, 0.25) is 0 Å². The first-order valence-electron chi connectivity index (χ1n) is 7.14. The number of carbonyl (C=O) groups is 1. The van der Waals surface area contributed by atoms with E-state index in [0.29, 0.717) is 6.04 Å². The summed E-state index contributed by atoms with van der Waals surface area (Å²) in [4.78, 5) is 22.2. The van der Waals surface area contributed by atoms with E-state index in [2.05, 4.69) is 16.0 Å². The van der Waals surface area contributed by atoms with Gasteiger partial charge in [0.05, 0.1) is 5.69 Å². The van der Waals surface area contributed by atoms with Gasteiger partial charge in [0, 0.05) is 53.0 Å². The van der Waals surface area contributed by atoms with E-state index in [4.69, 9.17) is 0 Å². The molecule has 1 aliphatic heterocycles. The highest BCUT2D eigenvalue weighted by Crippen LogP contribution is 2.17. The van der Waals surface area contributed by atoms with Crippen LogP contribution in [0.4, 0.5) is 4.79 Å². The van der Waals surface area contributed by atoms with E-state index < -0.39 is 0 Å². The minimum Gasteiger partial charge on any atom is -0.331 e. The molecule has 5 nitrogen and oxygen atoms in total. The Bertz CT molecular complexity index is 427. The molecule has 1 aliphatic rings. The lowest BCUT2D eigenvalue weighted by Gasteiger charge is -2.37. The topological polar surface area (TPSA) is 39.7 Å². The molecule has 0 aliphatic carbocycles. The van der Waals surface area contributed by atoms with E-state index in [0.717, 1.165) is 38.2 Å². The van der Waals surface area contributed by atoms with E-state index in [1.807, 2.05) is 30.3 Å². The Morgan fingerprint density at radius 1 is 1.30 bits per heavy atom. The SMILES string of the molecule is CN(C)C(=O)N(C)C1CCN(Cc2ccccn2)CC1. The average Bonchev–Trinajstić information content (AvgIpc) is 2.47. The van der Waals surface area contributed by atoms with Crippen LogP contribution in [0.2, 0.25) is 0 Å². The number of likely N-dealkylation sites (tertiary alicyclic amines) is 1.